The molecule has 0 amide bonds. The van der Waals surface area contributed by atoms with Crippen molar-refractivity contribution in [2.45, 2.75) is 18.9 Å². The number of carbonyl (C=O) groups excluding carboxylic acids is 1. The van der Waals surface area contributed by atoms with Crippen LogP contribution in [0.4, 0.5) is 5.69 Å². The molecule has 0 aliphatic carbocycles. The lowest BCUT2D eigenvalue weighted by Crippen LogP contribution is -2.53. The van der Waals surface area contributed by atoms with E-state index in [1.165, 1.54) is 26.5 Å². The molecule has 2 fully saturated rings. The number of ether oxygens (including phenoxy) is 1. The summed E-state index contributed by atoms with van der Waals surface area (Å²) in [7, 11) is 1.38. The summed E-state index contributed by atoms with van der Waals surface area (Å²) in [4.78, 5) is 16.2. The summed E-state index contributed by atoms with van der Waals surface area (Å²) in [6.45, 7) is 4.30. The summed E-state index contributed by atoms with van der Waals surface area (Å²) in [6.07, 6.45) is 2.57. The lowest BCUT2D eigenvalue weighted by molar-refractivity contribution is 0.0601. The van der Waals surface area contributed by atoms with Gasteiger partial charge in [0.15, 0.2) is 5.11 Å². The number of methoxy groups -OCH3 is 1. The van der Waals surface area contributed by atoms with E-state index in [0.29, 0.717) is 11.6 Å². The Bertz CT molecular complexity index is 561. The molecule has 0 spiro atoms. The van der Waals surface area contributed by atoms with Crippen molar-refractivity contribution in [3.8, 4) is 0 Å². The first kappa shape index (κ1) is 15.2. The predicted molar refractivity (Wildman–Crippen MR) is 90.2 cm³/mol. The van der Waals surface area contributed by atoms with Crippen molar-refractivity contribution < 1.29 is 9.53 Å². The standard InChI is InChI=1S/C16H21N3O2S/c1-21-15(20)12-4-6-13(7-5-12)17-16(22)19-10-9-18-8-2-3-14(18)11-19/h4-7,14H,2-3,8-11H2,1H3,(H,17,22). The number of nitrogens with one attached hydrogen (secondary N) is 1. The Morgan fingerprint density at radius 3 is 2.77 bits per heavy atom. The van der Waals surface area contributed by atoms with E-state index < -0.39 is 0 Å². The summed E-state index contributed by atoms with van der Waals surface area (Å²) >= 11 is 5.53. The highest BCUT2D eigenvalue weighted by Gasteiger charge is 2.31. The Balaban J connectivity index is 1.58. The molecular formula is C16H21N3O2S. The van der Waals surface area contributed by atoms with Crippen LogP contribution < -0.4 is 5.32 Å². The van der Waals surface area contributed by atoms with Gasteiger partial charge in [0.05, 0.1) is 12.7 Å². The smallest absolute Gasteiger partial charge is 0.337 e. The third-order valence-electron chi connectivity index (χ3n) is 4.43. The summed E-state index contributed by atoms with van der Waals surface area (Å²) in [5.74, 6) is -0.327. The van der Waals surface area contributed by atoms with E-state index in [9.17, 15) is 4.79 Å². The van der Waals surface area contributed by atoms with Crippen molar-refractivity contribution in [3.63, 3.8) is 0 Å². The Labute approximate surface area is 136 Å². The molecule has 1 aromatic rings. The highest BCUT2D eigenvalue weighted by molar-refractivity contribution is 7.80. The highest BCUT2D eigenvalue weighted by Crippen LogP contribution is 2.22. The van der Waals surface area contributed by atoms with Gasteiger partial charge in [-0.1, -0.05) is 0 Å². The van der Waals surface area contributed by atoms with Crippen molar-refractivity contribution in [2.24, 2.45) is 0 Å². The average Bonchev–Trinajstić information content (AvgIpc) is 3.02. The first-order chi connectivity index (χ1) is 10.7. The number of carbonyl (C=O) groups is 1. The predicted octanol–water partition coefficient (Wildman–Crippen LogP) is 1.95. The molecule has 2 heterocycles. The zero-order chi connectivity index (χ0) is 15.5. The topological polar surface area (TPSA) is 44.8 Å². The molecule has 1 atom stereocenters. The summed E-state index contributed by atoms with van der Waals surface area (Å²) < 4.78 is 4.69. The van der Waals surface area contributed by atoms with Crippen LogP contribution in [0.2, 0.25) is 0 Å². The Morgan fingerprint density at radius 2 is 2.05 bits per heavy atom. The molecule has 22 heavy (non-hydrogen) atoms. The second-order valence-corrected chi connectivity index (χ2v) is 6.16. The fraction of sp³-hybridized carbons (Fsp3) is 0.500. The molecule has 0 bridgehead atoms. The zero-order valence-corrected chi connectivity index (χ0v) is 13.6. The van der Waals surface area contributed by atoms with Gasteiger partial charge < -0.3 is 15.0 Å². The minimum atomic E-state index is -0.327. The molecule has 1 unspecified atom stereocenters. The number of hydrogen-bond donors (Lipinski definition) is 1. The lowest BCUT2D eigenvalue weighted by Gasteiger charge is -2.38. The fourth-order valence-corrected chi connectivity index (χ4v) is 3.47. The van der Waals surface area contributed by atoms with E-state index in [2.05, 4.69) is 15.1 Å². The Kier molecular flexibility index (Phi) is 4.59. The molecule has 0 aromatic heterocycles. The molecule has 6 heteroatoms. The van der Waals surface area contributed by atoms with Crippen LogP contribution >= 0.6 is 12.2 Å². The summed E-state index contributed by atoms with van der Waals surface area (Å²) in [6, 6.07) is 7.83. The quantitative estimate of drug-likeness (QED) is 0.664. The first-order valence-electron chi connectivity index (χ1n) is 7.66. The third-order valence-corrected chi connectivity index (χ3v) is 4.79. The summed E-state index contributed by atoms with van der Waals surface area (Å²) in [5, 5.41) is 4.02. The largest absolute Gasteiger partial charge is 0.465 e. The van der Waals surface area contributed by atoms with Gasteiger partial charge in [0.2, 0.25) is 0 Å². The second-order valence-electron chi connectivity index (χ2n) is 5.78. The monoisotopic (exact) mass is 319 g/mol. The Morgan fingerprint density at radius 1 is 1.27 bits per heavy atom. The van der Waals surface area contributed by atoms with Gasteiger partial charge in [-0.15, -0.1) is 0 Å². The van der Waals surface area contributed by atoms with Gasteiger partial charge in [0.25, 0.3) is 0 Å². The van der Waals surface area contributed by atoms with Crippen LogP contribution in [-0.4, -0.2) is 60.2 Å². The SMILES string of the molecule is COC(=O)c1ccc(NC(=S)N2CCN3CCCC3C2)cc1. The van der Waals surface area contributed by atoms with E-state index in [1.807, 2.05) is 12.1 Å². The molecule has 3 rings (SSSR count). The number of piperazine rings is 1. The van der Waals surface area contributed by atoms with Crippen LogP contribution in [0.1, 0.15) is 23.2 Å². The Hall–Kier alpha value is -1.66. The highest BCUT2D eigenvalue weighted by atomic mass is 32.1. The van der Waals surface area contributed by atoms with Crippen LogP contribution in [0.25, 0.3) is 0 Å². The molecule has 0 saturated carbocycles. The minimum Gasteiger partial charge on any atom is -0.465 e. The number of nitrogens with zero attached hydrogens (tertiary/aromatic N) is 2. The van der Waals surface area contributed by atoms with Crippen molar-refractivity contribution in [1.82, 2.24) is 9.80 Å². The van der Waals surface area contributed by atoms with Gasteiger partial charge in [-0.3, -0.25) is 4.90 Å². The third kappa shape index (κ3) is 3.23. The van der Waals surface area contributed by atoms with Crippen molar-refractivity contribution in [3.05, 3.63) is 29.8 Å². The van der Waals surface area contributed by atoms with E-state index in [0.717, 1.165) is 30.4 Å². The van der Waals surface area contributed by atoms with Crippen molar-refractivity contribution in [1.29, 1.82) is 0 Å². The number of thiocarbonyl (C=S) groups is 1. The molecule has 1 aromatic carbocycles. The van der Waals surface area contributed by atoms with Crippen molar-refractivity contribution in [2.75, 3.05) is 38.6 Å². The van der Waals surface area contributed by atoms with Gasteiger partial charge in [-0.25, -0.2) is 4.79 Å². The van der Waals surface area contributed by atoms with Crippen LogP contribution in [0.15, 0.2) is 24.3 Å². The number of rotatable bonds is 2. The number of hydrogen-bond acceptors (Lipinski definition) is 4. The number of anilines is 1. The maximum atomic E-state index is 11.4. The van der Waals surface area contributed by atoms with Crippen LogP contribution in [0, 0.1) is 0 Å². The van der Waals surface area contributed by atoms with Gasteiger partial charge in [-0.05, 0) is 55.9 Å². The molecule has 2 saturated heterocycles. The molecule has 2 aliphatic heterocycles. The zero-order valence-electron chi connectivity index (χ0n) is 12.7. The minimum absolute atomic E-state index is 0.327. The van der Waals surface area contributed by atoms with E-state index >= 15 is 0 Å². The van der Waals surface area contributed by atoms with Gasteiger partial charge in [-0.2, -0.15) is 0 Å². The molecule has 1 N–H and O–H groups in total. The van der Waals surface area contributed by atoms with Gasteiger partial charge in [0, 0.05) is 31.4 Å². The van der Waals surface area contributed by atoms with Crippen LogP contribution in [0.3, 0.4) is 0 Å². The van der Waals surface area contributed by atoms with Gasteiger partial charge >= 0.3 is 5.97 Å². The maximum Gasteiger partial charge on any atom is 0.337 e. The first-order valence-corrected chi connectivity index (χ1v) is 8.06. The molecule has 5 nitrogen and oxygen atoms in total. The number of esters is 1. The van der Waals surface area contributed by atoms with Crippen LogP contribution in [0.5, 0.6) is 0 Å². The molecule has 118 valence electrons. The van der Waals surface area contributed by atoms with E-state index in [-0.39, 0.29) is 5.97 Å². The fourth-order valence-electron chi connectivity index (χ4n) is 3.19. The summed E-state index contributed by atoms with van der Waals surface area (Å²) in [5.41, 5.74) is 1.44. The van der Waals surface area contributed by atoms with E-state index in [1.54, 1.807) is 12.1 Å². The van der Waals surface area contributed by atoms with Crippen LogP contribution in [-0.2, 0) is 4.74 Å². The lowest BCUT2D eigenvalue weighted by atomic mass is 10.1. The normalized spacial score (nSPS) is 21.3. The molecule has 0 radical (unpaired) electrons. The van der Waals surface area contributed by atoms with Gasteiger partial charge in [0.1, 0.15) is 0 Å². The number of benzene rings is 1. The average molecular weight is 319 g/mol. The maximum absolute atomic E-state index is 11.4. The second kappa shape index (κ2) is 6.62. The molecular weight excluding hydrogens is 298 g/mol. The molecule has 2 aliphatic rings. The number of fused-ring (bicyclic) bond motifs is 1. The van der Waals surface area contributed by atoms with Crippen molar-refractivity contribution >= 4 is 29.0 Å². The van der Waals surface area contributed by atoms with E-state index in [4.69, 9.17) is 17.0 Å².